The number of ether oxygens (including phenoxy) is 2. The zero-order valence-electron chi connectivity index (χ0n) is 15.1. The van der Waals surface area contributed by atoms with E-state index < -0.39 is 28.6 Å². The highest BCUT2D eigenvalue weighted by Crippen LogP contribution is 2.30. The van der Waals surface area contributed by atoms with Gasteiger partial charge in [0.15, 0.2) is 5.75 Å². The first-order chi connectivity index (χ1) is 12.1. The second kappa shape index (κ2) is 7.59. The van der Waals surface area contributed by atoms with Gasteiger partial charge in [-0.2, -0.15) is 0 Å². The van der Waals surface area contributed by atoms with Gasteiger partial charge in [-0.25, -0.2) is 4.79 Å². The fourth-order valence-electron chi connectivity index (χ4n) is 2.62. The fraction of sp³-hybridized carbons (Fsp3) is 0.529. The first-order valence-electron chi connectivity index (χ1n) is 8.29. The molecule has 9 nitrogen and oxygen atoms in total. The van der Waals surface area contributed by atoms with Crippen molar-refractivity contribution in [2.24, 2.45) is 5.73 Å². The molecule has 0 aliphatic carbocycles. The summed E-state index contributed by atoms with van der Waals surface area (Å²) in [5, 5.41) is 11.3. The third kappa shape index (κ3) is 5.08. The van der Waals surface area contributed by atoms with E-state index in [-0.39, 0.29) is 23.5 Å². The lowest BCUT2D eigenvalue weighted by atomic mass is 10.1. The van der Waals surface area contributed by atoms with Gasteiger partial charge in [-0.05, 0) is 45.7 Å². The number of hydrogen-bond acceptors (Lipinski definition) is 6. The number of hydrogen-bond donors (Lipinski definition) is 1. The van der Waals surface area contributed by atoms with Crippen LogP contribution in [0, 0.1) is 10.1 Å². The molecule has 2 N–H and O–H groups in total. The normalized spacial score (nSPS) is 17.5. The summed E-state index contributed by atoms with van der Waals surface area (Å²) in [5.41, 5.74) is 4.25. The van der Waals surface area contributed by atoms with Crippen LogP contribution in [0.25, 0.3) is 0 Å². The maximum Gasteiger partial charge on any atom is 0.410 e. The Kier molecular flexibility index (Phi) is 5.69. The van der Waals surface area contributed by atoms with Gasteiger partial charge >= 0.3 is 11.8 Å². The van der Waals surface area contributed by atoms with Crippen molar-refractivity contribution < 1.29 is 24.0 Å². The van der Waals surface area contributed by atoms with Gasteiger partial charge in [-0.1, -0.05) is 0 Å². The first-order valence-corrected chi connectivity index (χ1v) is 8.29. The van der Waals surface area contributed by atoms with Crippen LogP contribution in [-0.4, -0.2) is 46.6 Å². The molecular weight excluding hydrogens is 342 g/mol. The lowest BCUT2D eigenvalue weighted by Gasteiger charge is -2.34. The zero-order chi connectivity index (χ0) is 19.5. The Morgan fingerprint density at radius 3 is 2.62 bits per heavy atom. The Morgan fingerprint density at radius 2 is 2.04 bits per heavy atom. The van der Waals surface area contributed by atoms with Crippen LogP contribution in [0.3, 0.4) is 0 Å². The Morgan fingerprint density at radius 1 is 1.35 bits per heavy atom. The molecule has 1 saturated heterocycles. The molecule has 1 heterocycles. The van der Waals surface area contributed by atoms with E-state index in [0.29, 0.717) is 19.4 Å². The summed E-state index contributed by atoms with van der Waals surface area (Å²) in [7, 11) is 0. The van der Waals surface area contributed by atoms with Gasteiger partial charge < -0.3 is 20.1 Å². The molecule has 1 aromatic carbocycles. The molecule has 0 spiro atoms. The average Bonchev–Trinajstić information content (AvgIpc) is 2.53. The Labute approximate surface area is 151 Å². The third-order valence-corrected chi connectivity index (χ3v) is 3.76. The van der Waals surface area contributed by atoms with Gasteiger partial charge in [0.2, 0.25) is 5.91 Å². The monoisotopic (exact) mass is 365 g/mol. The van der Waals surface area contributed by atoms with Crippen LogP contribution in [0.5, 0.6) is 5.75 Å². The highest BCUT2D eigenvalue weighted by molar-refractivity contribution is 5.93. The number of nitrogens with two attached hydrogens (primary N) is 1. The number of carbonyl (C=O) groups excluding carboxylic acids is 2. The molecule has 26 heavy (non-hydrogen) atoms. The van der Waals surface area contributed by atoms with Crippen molar-refractivity contribution in [3.05, 3.63) is 33.9 Å². The van der Waals surface area contributed by atoms with E-state index in [4.69, 9.17) is 15.2 Å². The molecule has 1 fully saturated rings. The van der Waals surface area contributed by atoms with Crippen molar-refractivity contribution >= 4 is 17.7 Å². The number of carbonyl (C=O) groups is 2. The van der Waals surface area contributed by atoms with Crippen LogP contribution in [0.2, 0.25) is 0 Å². The smallest absolute Gasteiger partial charge is 0.410 e. The first kappa shape index (κ1) is 19.5. The molecule has 2 rings (SSSR count). The number of primary amides is 1. The fourth-order valence-corrected chi connectivity index (χ4v) is 2.62. The quantitative estimate of drug-likeness (QED) is 0.645. The minimum absolute atomic E-state index is 0.0306. The predicted octanol–water partition coefficient (Wildman–Crippen LogP) is 2.47. The summed E-state index contributed by atoms with van der Waals surface area (Å²) < 4.78 is 11.1. The van der Waals surface area contributed by atoms with E-state index in [9.17, 15) is 19.7 Å². The number of piperidine rings is 1. The second-order valence-corrected chi connectivity index (χ2v) is 7.11. The zero-order valence-corrected chi connectivity index (χ0v) is 15.1. The molecule has 2 amide bonds. The van der Waals surface area contributed by atoms with Crippen LogP contribution < -0.4 is 10.5 Å². The summed E-state index contributed by atoms with van der Waals surface area (Å²) in [6.07, 6.45) is 0.490. The van der Waals surface area contributed by atoms with Crippen molar-refractivity contribution in [1.82, 2.24) is 4.90 Å². The van der Waals surface area contributed by atoms with E-state index >= 15 is 0 Å². The molecule has 0 aromatic heterocycles. The molecule has 1 aliphatic heterocycles. The lowest BCUT2D eigenvalue weighted by Crippen LogP contribution is -2.46. The van der Waals surface area contributed by atoms with Crippen molar-refractivity contribution in [3.63, 3.8) is 0 Å². The molecule has 0 unspecified atom stereocenters. The van der Waals surface area contributed by atoms with Crippen molar-refractivity contribution in [2.45, 2.75) is 45.3 Å². The summed E-state index contributed by atoms with van der Waals surface area (Å²) in [6.45, 7) is 6.16. The largest absolute Gasteiger partial charge is 0.482 e. The summed E-state index contributed by atoms with van der Waals surface area (Å²) in [5.74, 6) is -0.718. The van der Waals surface area contributed by atoms with Crippen molar-refractivity contribution in [1.29, 1.82) is 0 Å². The second-order valence-electron chi connectivity index (χ2n) is 7.11. The number of nitrogens with zero attached hydrogens (tertiary/aromatic N) is 2. The summed E-state index contributed by atoms with van der Waals surface area (Å²) in [4.78, 5) is 35.6. The summed E-state index contributed by atoms with van der Waals surface area (Å²) >= 11 is 0. The molecule has 0 bridgehead atoms. The van der Waals surface area contributed by atoms with Crippen LogP contribution in [0.15, 0.2) is 18.2 Å². The number of nitro benzene ring substituents is 1. The summed E-state index contributed by atoms with van der Waals surface area (Å²) in [6, 6.07) is 3.82. The topological polar surface area (TPSA) is 125 Å². The van der Waals surface area contributed by atoms with Crippen LogP contribution >= 0.6 is 0 Å². The van der Waals surface area contributed by atoms with Crippen molar-refractivity contribution in [3.8, 4) is 5.75 Å². The van der Waals surface area contributed by atoms with E-state index in [2.05, 4.69) is 0 Å². The average molecular weight is 365 g/mol. The molecule has 142 valence electrons. The predicted molar refractivity (Wildman–Crippen MR) is 93.1 cm³/mol. The van der Waals surface area contributed by atoms with E-state index in [1.54, 1.807) is 20.8 Å². The van der Waals surface area contributed by atoms with Gasteiger partial charge in [0.1, 0.15) is 11.7 Å². The van der Waals surface area contributed by atoms with Crippen LogP contribution in [-0.2, 0) is 4.74 Å². The highest BCUT2D eigenvalue weighted by Gasteiger charge is 2.30. The minimum Gasteiger partial charge on any atom is -0.482 e. The molecule has 1 aliphatic rings. The molecule has 9 heteroatoms. The minimum atomic E-state index is -0.756. The molecular formula is C17H23N3O6. The molecule has 0 radical (unpaired) electrons. The van der Waals surface area contributed by atoms with Gasteiger partial charge in [0, 0.05) is 18.2 Å². The number of amides is 2. The SMILES string of the molecule is CC(C)(C)OC(=O)N1CCC[C@H](Oc2ccc(C(N)=O)cc2[N+](=O)[O-])C1. The molecule has 1 atom stereocenters. The third-order valence-electron chi connectivity index (χ3n) is 3.76. The molecule has 0 saturated carbocycles. The van der Waals surface area contributed by atoms with Crippen LogP contribution in [0.4, 0.5) is 10.5 Å². The Balaban J connectivity index is 2.12. The standard InChI is InChI=1S/C17H23N3O6/c1-17(2,3)26-16(22)19-8-4-5-12(10-19)25-14-7-6-11(15(18)21)9-13(14)20(23)24/h6-7,9,12H,4-5,8,10H2,1-3H3,(H2,18,21)/t12-/m0/s1. The van der Waals surface area contributed by atoms with Gasteiger partial charge in [0.05, 0.1) is 11.5 Å². The Bertz CT molecular complexity index is 713. The van der Waals surface area contributed by atoms with E-state index in [0.717, 1.165) is 6.07 Å². The number of nitro groups is 1. The number of rotatable bonds is 4. The molecule has 1 aromatic rings. The van der Waals surface area contributed by atoms with E-state index in [1.165, 1.54) is 17.0 Å². The highest BCUT2D eigenvalue weighted by atomic mass is 16.6. The van der Waals surface area contributed by atoms with Gasteiger partial charge in [-0.3, -0.25) is 14.9 Å². The van der Waals surface area contributed by atoms with Gasteiger partial charge in [-0.15, -0.1) is 0 Å². The van der Waals surface area contributed by atoms with E-state index in [1.807, 2.05) is 0 Å². The van der Waals surface area contributed by atoms with Crippen LogP contribution in [0.1, 0.15) is 44.0 Å². The van der Waals surface area contributed by atoms with Gasteiger partial charge in [0.25, 0.3) is 0 Å². The maximum absolute atomic E-state index is 12.2. The lowest BCUT2D eigenvalue weighted by molar-refractivity contribution is -0.386. The maximum atomic E-state index is 12.2. The number of likely N-dealkylation sites (tertiary alicyclic amines) is 1. The number of benzene rings is 1. The Hall–Kier alpha value is -2.84. The van der Waals surface area contributed by atoms with Crippen molar-refractivity contribution in [2.75, 3.05) is 13.1 Å².